The summed E-state index contributed by atoms with van der Waals surface area (Å²) in [6.45, 7) is 0. The fraction of sp³-hybridized carbons (Fsp3) is 0. The van der Waals surface area contributed by atoms with E-state index in [1.54, 1.807) is 0 Å². The van der Waals surface area contributed by atoms with E-state index in [9.17, 15) is 18.0 Å². The van der Waals surface area contributed by atoms with Crippen LogP contribution in [0.3, 0.4) is 0 Å². The van der Waals surface area contributed by atoms with Gasteiger partial charge in [-0.15, -0.1) is 0 Å². The highest BCUT2D eigenvalue weighted by atomic mass is 35.5. The van der Waals surface area contributed by atoms with Gasteiger partial charge in [0.05, 0.1) is 10.9 Å². The molecule has 0 amide bonds. The van der Waals surface area contributed by atoms with Crippen LogP contribution in [0, 0.1) is 17.5 Å². The van der Waals surface area contributed by atoms with Crippen molar-refractivity contribution in [3.05, 3.63) is 45.0 Å². The van der Waals surface area contributed by atoms with Gasteiger partial charge < -0.3 is 4.98 Å². The summed E-state index contributed by atoms with van der Waals surface area (Å²) in [7, 11) is 0. The van der Waals surface area contributed by atoms with Gasteiger partial charge in [-0.2, -0.15) is 0 Å². The maximum Gasteiger partial charge on any atom is 0.211 e. The first kappa shape index (κ1) is 10.0. The number of rotatable bonds is 0. The van der Waals surface area contributed by atoms with E-state index in [1.165, 1.54) is 0 Å². The molecule has 0 unspecified atom stereocenters. The van der Waals surface area contributed by atoms with Crippen molar-refractivity contribution in [1.29, 1.82) is 0 Å². The summed E-state index contributed by atoms with van der Waals surface area (Å²) in [6, 6.07) is 0.309. The smallest absolute Gasteiger partial charge is 0.211 e. The van der Waals surface area contributed by atoms with Crippen molar-refractivity contribution < 1.29 is 13.2 Å². The van der Waals surface area contributed by atoms with Crippen molar-refractivity contribution in [3.8, 4) is 0 Å². The van der Waals surface area contributed by atoms with E-state index in [2.05, 4.69) is 4.98 Å². The van der Waals surface area contributed by atoms with E-state index in [0.29, 0.717) is 6.07 Å². The van der Waals surface area contributed by atoms with Crippen molar-refractivity contribution in [2.75, 3.05) is 0 Å². The molecule has 0 fully saturated rings. The largest absolute Gasteiger partial charge is 0.357 e. The molecule has 0 aliphatic heterocycles. The lowest BCUT2D eigenvalue weighted by molar-refractivity contribution is 0.504. The number of H-pyrrole nitrogens is 1. The Morgan fingerprint density at radius 2 is 1.87 bits per heavy atom. The SMILES string of the molecule is O=c1c(Cl)c[nH]c2c(F)c(F)cc(F)c12. The number of hydrogen-bond acceptors (Lipinski definition) is 1. The first-order valence-electron chi connectivity index (χ1n) is 3.86. The molecule has 15 heavy (non-hydrogen) atoms. The maximum atomic E-state index is 13.2. The monoisotopic (exact) mass is 233 g/mol. The first-order chi connectivity index (χ1) is 7.02. The molecular formula is C9H3ClF3NO. The molecule has 1 aromatic carbocycles. The van der Waals surface area contributed by atoms with Crippen LogP contribution >= 0.6 is 11.6 Å². The lowest BCUT2D eigenvalue weighted by atomic mass is 10.2. The minimum absolute atomic E-state index is 0.285. The van der Waals surface area contributed by atoms with Crippen molar-refractivity contribution in [3.63, 3.8) is 0 Å². The zero-order chi connectivity index (χ0) is 11.2. The van der Waals surface area contributed by atoms with Crippen LogP contribution in [0.15, 0.2) is 17.1 Å². The van der Waals surface area contributed by atoms with E-state index in [0.717, 1.165) is 6.20 Å². The van der Waals surface area contributed by atoms with Gasteiger partial charge in [0.2, 0.25) is 5.43 Å². The van der Waals surface area contributed by atoms with Crippen LogP contribution in [0.5, 0.6) is 0 Å². The Kier molecular flexibility index (Phi) is 2.19. The molecule has 0 atom stereocenters. The van der Waals surface area contributed by atoms with Crippen molar-refractivity contribution in [2.45, 2.75) is 0 Å². The number of nitrogens with one attached hydrogen (secondary N) is 1. The van der Waals surface area contributed by atoms with Crippen LogP contribution in [0.2, 0.25) is 5.02 Å². The minimum Gasteiger partial charge on any atom is -0.357 e. The van der Waals surface area contributed by atoms with Gasteiger partial charge in [0.15, 0.2) is 11.6 Å². The second-order valence-electron chi connectivity index (χ2n) is 2.87. The number of aromatic amines is 1. The van der Waals surface area contributed by atoms with Gasteiger partial charge in [-0.05, 0) is 0 Å². The molecule has 0 bridgehead atoms. The molecule has 0 aliphatic rings. The molecular weight excluding hydrogens is 231 g/mol. The van der Waals surface area contributed by atoms with Crippen molar-refractivity contribution in [1.82, 2.24) is 4.98 Å². The third kappa shape index (κ3) is 1.39. The zero-order valence-corrected chi connectivity index (χ0v) is 7.83. The Balaban J connectivity index is 3.10. The number of pyridine rings is 1. The standard InChI is InChI=1S/C9H3ClF3NO/c10-3-2-14-8-6(9(3)15)4(11)1-5(12)7(8)13/h1-2H,(H,14,15). The average molecular weight is 234 g/mol. The molecule has 1 N–H and O–H groups in total. The summed E-state index contributed by atoms with van der Waals surface area (Å²) < 4.78 is 39.1. The lowest BCUT2D eigenvalue weighted by Gasteiger charge is -2.02. The van der Waals surface area contributed by atoms with Crippen LogP contribution in [0.1, 0.15) is 0 Å². The topological polar surface area (TPSA) is 32.9 Å². The summed E-state index contributed by atoms with van der Waals surface area (Å²) >= 11 is 5.43. The molecule has 0 saturated heterocycles. The maximum absolute atomic E-state index is 13.2. The second kappa shape index (κ2) is 3.27. The predicted molar refractivity (Wildman–Crippen MR) is 49.5 cm³/mol. The second-order valence-corrected chi connectivity index (χ2v) is 3.28. The molecule has 0 aliphatic carbocycles. The van der Waals surface area contributed by atoms with Gasteiger partial charge in [-0.3, -0.25) is 4.79 Å². The molecule has 0 saturated carbocycles. The minimum atomic E-state index is -1.36. The van der Waals surface area contributed by atoms with Crippen LogP contribution in [0.4, 0.5) is 13.2 Å². The predicted octanol–water partition coefficient (Wildman–Crippen LogP) is 2.60. The Hall–Kier alpha value is -1.49. The van der Waals surface area contributed by atoms with Crippen LogP contribution in [0.25, 0.3) is 10.9 Å². The highest BCUT2D eigenvalue weighted by Crippen LogP contribution is 2.20. The van der Waals surface area contributed by atoms with E-state index in [1.807, 2.05) is 0 Å². The first-order valence-corrected chi connectivity index (χ1v) is 4.24. The van der Waals surface area contributed by atoms with Gasteiger partial charge >= 0.3 is 0 Å². The van der Waals surface area contributed by atoms with Crippen LogP contribution in [-0.2, 0) is 0 Å². The average Bonchev–Trinajstić information content (AvgIpc) is 2.18. The van der Waals surface area contributed by atoms with Gasteiger partial charge in [-0.1, -0.05) is 11.6 Å². The van der Waals surface area contributed by atoms with E-state index in [4.69, 9.17) is 11.6 Å². The number of benzene rings is 1. The Labute approximate surface area is 86.3 Å². The molecule has 2 aromatic rings. The molecule has 78 valence electrons. The molecule has 0 spiro atoms. The van der Waals surface area contributed by atoms with E-state index < -0.39 is 33.8 Å². The zero-order valence-electron chi connectivity index (χ0n) is 7.07. The van der Waals surface area contributed by atoms with Gasteiger partial charge in [0, 0.05) is 12.3 Å². The number of hydrogen-bond donors (Lipinski definition) is 1. The van der Waals surface area contributed by atoms with E-state index >= 15 is 0 Å². The molecule has 2 nitrogen and oxygen atoms in total. The third-order valence-electron chi connectivity index (χ3n) is 1.96. The van der Waals surface area contributed by atoms with Gasteiger partial charge in [0.1, 0.15) is 10.8 Å². The van der Waals surface area contributed by atoms with Gasteiger partial charge in [-0.25, -0.2) is 13.2 Å². The van der Waals surface area contributed by atoms with Crippen molar-refractivity contribution >= 4 is 22.5 Å². The number of fused-ring (bicyclic) bond motifs is 1. The summed E-state index contributed by atoms with van der Waals surface area (Å²) in [5.74, 6) is -3.81. The molecule has 1 aromatic heterocycles. The Morgan fingerprint density at radius 1 is 1.20 bits per heavy atom. The Bertz CT molecular complexity index is 608. The number of halogens is 4. The summed E-state index contributed by atoms with van der Waals surface area (Å²) in [5.41, 5.74) is -1.40. The molecule has 2 rings (SSSR count). The molecule has 1 heterocycles. The van der Waals surface area contributed by atoms with Crippen LogP contribution in [-0.4, -0.2) is 4.98 Å². The third-order valence-corrected chi connectivity index (χ3v) is 2.24. The quantitative estimate of drug-likeness (QED) is 0.697. The molecule has 0 radical (unpaired) electrons. The van der Waals surface area contributed by atoms with Crippen LogP contribution < -0.4 is 5.43 Å². The van der Waals surface area contributed by atoms with Gasteiger partial charge in [0.25, 0.3) is 0 Å². The highest BCUT2D eigenvalue weighted by molar-refractivity contribution is 6.31. The normalized spacial score (nSPS) is 10.9. The molecule has 6 heteroatoms. The fourth-order valence-electron chi connectivity index (χ4n) is 1.27. The Morgan fingerprint density at radius 3 is 2.53 bits per heavy atom. The highest BCUT2D eigenvalue weighted by Gasteiger charge is 2.16. The van der Waals surface area contributed by atoms with E-state index in [-0.39, 0.29) is 5.02 Å². The van der Waals surface area contributed by atoms with Crippen molar-refractivity contribution in [2.24, 2.45) is 0 Å². The summed E-state index contributed by atoms with van der Waals surface area (Å²) in [5, 5.41) is -0.867. The number of aromatic nitrogens is 1. The summed E-state index contributed by atoms with van der Waals surface area (Å²) in [4.78, 5) is 13.6. The summed E-state index contributed by atoms with van der Waals surface area (Å²) in [6.07, 6.45) is 0.980. The fourth-order valence-corrected chi connectivity index (χ4v) is 1.42. The lowest BCUT2D eigenvalue weighted by Crippen LogP contribution is -2.07.